The van der Waals surface area contributed by atoms with Crippen molar-refractivity contribution < 1.29 is 4.79 Å². The molecule has 10 heavy (non-hydrogen) atoms. The van der Waals surface area contributed by atoms with Crippen LogP contribution in [-0.4, -0.2) is 24.9 Å². The summed E-state index contributed by atoms with van der Waals surface area (Å²) in [5, 5.41) is 0. The topological polar surface area (TPSA) is 20.3 Å². The van der Waals surface area contributed by atoms with Gasteiger partial charge in [-0.15, -0.1) is 0 Å². The fourth-order valence-corrected chi connectivity index (χ4v) is 0.292. The third kappa shape index (κ3) is 7.21. The van der Waals surface area contributed by atoms with Crippen molar-refractivity contribution in [2.75, 3.05) is 14.1 Å². The van der Waals surface area contributed by atoms with Gasteiger partial charge in [-0.05, 0) is 13.0 Å². The number of amides is 1. The van der Waals surface area contributed by atoms with Crippen molar-refractivity contribution in [1.29, 1.82) is 0 Å². The first-order chi connectivity index (χ1) is 4.68. The minimum Gasteiger partial charge on any atom is -0.345 e. The Balaban J connectivity index is 0. The zero-order chi connectivity index (χ0) is 8.57. The number of carbonyl (C=O) groups is 1. The fraction of sp³-hybridized carbons (Fsp3) is 0.625. The van der Waals surface area contributed by atoms with E-state index in [0.29, 0.717) is 0 Å². The van der Waals surface area contributed by atoms with E-state index < -0.39 is 0 Å². The van der Waals surface area contributed by atoms with Crippen molar-refractivity contribution in [3.8, 4) is 0 Å². The molecule has 0 bridgehead atoms. The van der Waals surface area contributed by atoms with Gasteiger partial charge >= 0.3 is 0 Å². The van der Waals surface area contributed by atoms with Crippen LogP contribution >= 0.6 is 0 Å². The Labute approximate surface area is 63.5 Å². The summed E-state index contributed by atoms with van der Waals surface area (Å²) in [7, 11) is 3.45. The van der Waals surface area contributed by atoms with E-state index in [1.54, 1.807) is 20.2 Å². The second kappa shape index (κ2) is 8.21. The van der Waals surface area contributed by atoms with E-state index in [1.165, 1.54) is 11.0 Å². The van der Waals surface area contributed by atoms with E-state index in [4.69, 9.17) is 0 Å². The Morgan fingerprint density at radius 2 is 1.70 bits per heavy atom. The summed E-state index contributed by atoms with van der Waals surface area (Å²) in [4.78, 5) is 12.1. The largest absolute Gasteiger partial charge is 0.345 e. The molecule has 0 heterocycles. The van der Waals surface area contributed by atoms with Crippen LogP contribution in [0.5, 0.6) is 0 Å². The minimum atomic E-state index is 0.0347. The Hall–Kier alpha value is -0.790. The van der Waals surface area contributed by atoms with Gasteiger partial charge in [-0.3, -0.25) is 4.79 Å². The minimum absolute atomic E-state index is 0.0347. The van der Waals surface area contributed by atoms with Crippen LogP contribution in [0.3, 0.4) is 0 Å². The van der Waals surface area contributed by atoms with Gasteiger partial charge in [0.2, 0.25) is 5.91 Å². The van der Waals surface area contributed by atoms with Crippen LogP contribution in [0.4, 0.5) is 0 Å². The SMILES string of the molecule is C/C=C/C(=O)N(C)C.CC. The maximum atomic E-state index is 10.6. The molecule has 0 N–H and O–H groups in total. The first-order valence-electron chi connectivity index (χ1n) is 3.52. The molecule has 0 aromatic carbocycles. The highest BCUT2D eigenvalue weighted by atomic mass is 16.2. The number of likely N-dealkylation sites (N-methyl/N-ethyl adjacent to an activating group) is 1. The van der Waals surface area contributed by atoms with E-state index in [1.807, 2.05) is 20.8 Å². The molecule has 2 nitrogen and oxygen atoms in total. The van der Waals surface area contributed by atoms with Crippen LogP contribution in [0.1, 0.15) is 20.8 Å². The van der Waals surface area contributed by atoms with E-state index in [9.17, 15) is 4.79 Å². The molecule has 0 aliphatic rings. The molecule has 0 aromatic heterocycles. The lowest BCUT2D eigenvalue weighted by atomic mass is 10.5. The normalized spacial score (nSPS) is 8.50. The van der Waals surface area contributed by atoms with Gasteiger partial charge in [-0.2, -0.15) is 0 Å². The molecule has 0 saturated carbocycles. The lowest BCUT2D eigenvalue weighted by Gasteiger charge is -2.03. The van der Waals surface area contributed by atoms with Gasteiger partial charge in [0.15, 0.2) is 0 Å². The second-order valence-corrected chi connectivity index (χ2v) is 1.73. The molecule has 1 amide bonds. The molecular formula is C8H17NO. The quantitative estimate of drug-likeness (QED) is 0.511. The van der Waals surface area contributed by atoms with Crippen LogP contribution in [0.15, 0.2) is 12.2 Å². The third-order valence-electron chi connectivity index (χ3n) is 0.750. The average molecular weight is 143 g/mol. The van der Waals surface area contributed by atoms with Gasteiger partial charge in [-0.1, -0.05) is 19.9 Å². The van der Waals surface area contributed by atoms with E-state index in [0.717, 1.165) is 0 Å². The predicted molar refractivity (Wildman–Crippen MR) is 44.9 cm³/mol. The van der Waals surface area contributed by atoms with E-state index >= 15 is 0 Å². The van der Waals surface area contributed by atoms with Gasteiger partial charge in [0, 0.05) is 14.1 Å². The standard InChI is InChI=1S/C6H11NO.C2H6/c1-4-5-6(8)7(2)3;1-2/h4-5H,1-3H3;1-2H3/b5-4+;. The van der Waals surface area contributed by atoms with Crippen LogP contribution < -0.4 is 0 Å². The summed E-state index contributed by atoms with van der Waals surface area (Å²) in [6.07, 6.45) is 3.25. The first kappa shape index (κ1) is 11.9. The lowest BCUT2D eigenvalue weighted by Crippen LogP contribution is -2.18. The van der Waals surface area contributed by atoms with Crippen molar-refractivity contribution in [2.24, 2.45) is 0 Å². The predicted octanol–water partition coefficient (Wildman–Crippen LogP) is 1.68. The van der Waals surface area contributed by atoms with Crippen molar-refractivity contribution >= 4 is 5.91 Å². The number of hydrogen-bond acceptors (Lipinski definition) is 1. The van der Waals surface area contributed by atoms with Gasteiger partial charge in [0.25, 0.3) is 0 Å². The summed E-state index contributed by atoms with van der Waals surface area (Å²) in [5.74, 6) is 0.0347. The molecule has 2 heteroatoms. The molecule has 0 atom stereocenters. The van der Waals surface area contributed by atoms with Gasteiger partial charge in [-0.25, -0.2) is 0 Å². The molecule has 0 unspecified atom stereocenters. The van der Waals surface area contributed by atoms with Crippen LogP contribution in [0.2, 0.25) is 0 Å². The Morgan fingerprint density at radius 1 is 1.30 bits per heavy atom. The highest BCUT2D eigenvalue weighted by Gasteiger charge is 1.92. The van der Waals surface area contributed by atoms with Crippen LogP contribution in [0.25, 0.3) is 0 Å². The average Bonchev–Trinajstić information content (AvgIpc) is 1.93. The van der Waals surface area contributed by atoms with Crippen LogP contribution in [-0.2, 0) is 4.79 Å². The zero-order valence-corrected chi connectivity index (χ0v) is 7.51. The second-order valence-electron chi connectivity index (χ2n) is 1.73. The summed E-state index contributed by atoms with van der Waals surface area (Å²) in [6, 6.07) is 0. The maximum absolute atomic E-state index is 10.6. The van der Waals surface area contributed by atoms with E-state index in [-0.39, 0.29) is 5.91 Å². The molecule has 0 aliphatic carbocycles. The molecule has 0 aromatic rings. The highest BCUT2D eigenvalue weighted by Crippen LogP contribution is 1.78. The summed E-state index contributed by atoms with van der Waals surface area (Å²) in [5.41, 5.74) is 0. The molecule has 0 fully saturated rings. The highest BCUT2D eigenvalue weighted by molar-refractivity contribution is 5.86. The van der Waals surface area contributed by atoms with Crippen molar-refractivity contribution in [3.05, 3.63) is 12.2 Å². The summed E-state index contributed by atoms with van der Waals surface area (Å²) >= 11 is 0. The van der Waals surface area contributed by atoms with Crippen LogP contribution in [0, 0.1) is 0 Å². The monoisotopic (exact) mass is 143 g/mol. The number of carbonyl (C=O) groups excluding carboxylic acids is 1. The first-order valence-corrected chi connectivity index (χ1v) is 3.52. The van der Waals surface area contributed by atoms with Crippen molar-refractivity contribution in [1.82, 2.24) is 4.90 Å². The fourth-order valence-electron chi connectivity index (χ4n) is 0.292. The Morgan fingerprint density at radius 3 is 1.80 bits per heavy atom. The lowest BCUT2D eigenvalue weighted by molar-refractivity contribution is -0.123. The Kier molecular flexibility index (Phi) is 9.80. The number of hydrogen-bond donors (Lipinski definition) is 0. The van der Waals surface area contributed by atoms with Gasteiger partial charge < -0.3 is 4.90 Å². The van der Waals surface area contributed by atoms with Crippen molar-refractivity contribution in [3.63, 3.8) is 0 Å². The summed E-state index contributed by atoms with van der Waals surface area (Å²) in [6.45, 7) is 5.82. The number of allylic oxidation sites excluding steroid dienone is 1. The molecule has 0 radical (unpaired) electrons. The number of nitrogens with zero attached hydrogens (tertiary/aromatic N) is 1. The third-order valence-corrected chi connectivity index (χ3v) is 0.750. The zero-order valence-electron chi connectivity index (χ0n) is 7.51. The molecule has 0 spiro atoms. The summed E-state index contributed by atoms with van der Waals surface area (Å²) < 4.78 is 0. The maximum Gasteiger partial charge on any atom is 0.245 e. The van der Waals surface area contributed by atoms with E-state index in [2.05, 4.69) is 0 Å². The Bertz CT molecular complexity index is 106. The van der Waals surface area contributed by atoms with Gasteiger partial charge in [0.05, 0.1) is 0 Å². The molecule has 0 saturated heterocycles. The molecular weight excluding hydrogens is 126 g/mol. The van der Waals surface area contributed by atoms with Crippen molar-refractivity contribution in [2.45, 2.75) is 20.8 Å². The van der Waals surface area contributed by atoms with Gasteiger partial charge in [0.1, 0.15) is 0 Å². The molecule has 0 rings (SSSR count). The number of rotatable bonds is 1. The molecule has 60 valence electrons. The molecule has 0 aliphatic heterocycles. The smallest absolute Gasteiger partial charge is 0.245 e.